The van der Waals surface area contributed by atoms with Gasteiger partial charge in [-0.25, -0.2) is 0 Å². The molecule has 1 amide bonds. The van der Waals surface area contributed by atoms with Gasteiger partial charge in [-0.3, -0.25) is 4.79 Å². The Hall–Kier alpha value is -1.48. The molecule has 1 aromatic heterocycles. The van der Waals surface area contributed by atoms with E-state index in [2.05, 4.69) is 10.3 Å². The van der Waals surface area contributed by atoms with Crippen molar-refractivity contribution in [1.82, 2.24) is 10.3 Å². The van der Waals surface area contributed by atoms with E-state index < -0.39 is 0 Å². The van der Waals surface area contributed by atoms with E-state index in [-0.39, 0.29) is 5.91 Å². The van der Waals surface area contributed by atoms with E-state index in [4.69, 9.17) is 11.6 Å². The summed E-state index contributed by atoms with van der Waals surface area (Å²) in [7, 11) is 0. The normalized spacial score (nSPS) is 10.6. The molecule has 2 rings (SSSR count). The van der Waals surface area contributed by atoms with E-state index in [1.165, 1.54) is 0 Å². The molecule has 2 aromatic rings. The summed E-state index contributed by atoms with van der Waals surface area (Å²) >= 11 is 5.54. The molecule has 0 aliphatic rings. The highest BCUT2D eigenvalue weighted by Crippen LogP contribution is 2.14. The van der Waals surface area contributed by atoms with Crippen molar-refractivity contribution in [3.8, 4) is 0 Å². The minimum Gasteiger partial charge on any atom is -0.361 e. The van der Waals surface area contributed by atoms with Gasteiger partial charge in [0.1, 0.15) is 0 Å². The van der Waals surface area contributed by atoms with Crippen LogP contribution in [0.5, 0.6) is 0 Å². The topological polar surface area (TPSA) is 44.9 Å². The lowest BCUT2D eigenvalue weighted by Gasteiger charge is -2.04. The van der Waals surface area contributed by atoms with Gasteiger partial charge in [0.15, 0.2) is 0 Å². The smallest absolute Gasteiger partial charge is 0.224 e. The summed E-state index contributed by atoms with van der Waals surface area (Å²) in [5.74, 6) is 0.625. The molecular formula is C13H15ClN2O. The summed E-state index contributed by atoms with van der Waals surface area (Å²) in [6.07, 6.45) is 3.13. The summed E-state index contributed by atoms with van der Waals surface area (Å²) in [5, 5.41) is 3.98. The maximum absolute atomic E-state index is 11.6. The van der Waals surface area contributed by atoms with Crippen LogP contribution in [0.3, 0.4) is 0 Å². The molecule has 0 spiro atoms. The Kier molecular flexibility index (Phi) is 4.04. The quantitative estimate of drug-likeness (QED) is 0.621. The molecule has 1 heterocycles. The van der Waals surface area contributed by atoms with Crippen molar-refractivity contribution in [2.45, 2.75) is 12.8 Å². The molecule has 17 heavy (non-hydrogen) atoms. The van der Waals surface area contributed by atoms with Crippen LogP contribution in [0.25, 0.3) is 10.9 Å². The Bertz CT molecular complexity index is 507. The number of benzene rings is 1. The van der Waals surface area contributed by atoms with Crippen molar-refractivity contribution < 1.29 is 4.79 Å². The molecule has 0 aliphatic carbocycles. The van der Waals surface area contributed by atoms with Crippen molar-refractivity contribution in [1.29, 1.82) is 0 Å². The van der Waals surface area contributed by atoms with Crippen molar-refractivity contribution >= 4 is 28.4 Å². The standard InChI is InChI=1S/C13H15ClN2O/c14-5-1-6-16-13(17)9-10-2-3-12-11(8-10)4-7-15-12/h2-4,7-8,15H,1,5-6,9H2,(H,16,17). The SMILES string of the molecule is O=C(Cc1ccc2[nH]ccc2c1)NCCCCl. The summed E-state index contributed by atoms with van der Waals surface area (Å²) in [6.45, 7) is 0.648. The highest BCUT2D eigenvalue weighted by molar-refractivity contribution is 6.17. The van der Waals surface area contributed by atoms with Crippen molar-refractivity contribution in [3.63, 3.8) is 0 Å². The summed E-state index contributed by atoms with van der Waals surface area (Å²) in [5.41, 5.74) is 2.12. The molecule has 0 fully saturated rings. The average Bonchev–Trinajstić information content (AvgIpc) is 2.76. The van der Waals surface area contributed by atoms with E-state index in [1.54, 1.807) is 0 Å². The average molecular weight is 251 g/mol. The first-order chi connectivity index (χ1) is 8.29. The van der Waals surface area contributed by atoms with E-state index >= 15 is 0 Å². The number of aromatic amines is 1. The predicted octanol–water partition coefficient (Wildman–Crippen LogP) is 2.46. The number of hydrogen-bond donors (Lipinski definition) is 2. The van der Waals surface area contributed by atoms with Gasteiger partial charge in [-0.15, -0.1) is 11.6 Å². The number of nitrogens with one attached hydrogen (secondary N) is 2. The Morgan fingerprint density at radius 3 is 3.06 bits per heavy atom. The molecular weight excluding hydrogens is 236 g/mol. The van der Waals surface area contributed by atoms with Gasteiger partial charge >= 0.3 is 0 Å². The van der Waals surface area contributed by atoms with Crippen LogP contribution in [0.4, 0.5) is 0 Å². The fraction of sp³-hybridized carbons (Fsp3) is 0.308. The first-order valence-electron chi connectivity index (χ1n) is 5.68. The summed E-state index contributed by atoms with van der Waals surface area (Å²) in [6, 6.07) is 8.01. The Labute approximate surface area is 105 Å². The Morgan fingerprint density at radius 1 is 1.35 bits per heavy atom. The van der Waals surface area contributed by atoms with Gasteiger partial charge < -0.3 is 10.3 Å². The van der Waals surface area contributed by atoms with Gasteiger partial charge in [0, 0.05) is 24.1 Å². The molecule has 0 saturated heterocycles. The first kappa shape index (κ1) is 12.0. The zero-order valence-corrected chi connectivity index (χ0v) is 10.3. The van der Waals surface area contributed by atoms with Crippen LogP contribution in [0, 0.1) is 0 Å². The molecule has 1 aromatic carbocycles. The molecule has 0 bridgehead atoms. The van der Waals surface area contributed by atoms with E-state index in [1.807, 2.05) is 30.5 Å². The molecule has 0 atom stereocenters. The van der Waals surface area contributed by atoms with Gasteiger partial charge in [-0.05, 0) is 35.6 Å². The highest BCUT2D eigenvalue weighted by atomic mass is 35.5. The lowest BCUT2D eigenvalue weighted by atomic mass is 10.1. The van der Waals surface area contributed by atoms with Crippen molar-refractivity contribution in [3.05, 3.63) is 36.0 Å². The summed E-state index contributed by atoms with van der Waals surface area (Å²) in [4.78, 5) is 14.7. The Morgan fingerprint density at radius 2 is 2.24 bits per heavy atom. The number of rotatable bonds is 5. The van der Waals surface area contributed by atoms with Crippen LogP contribution in [0.15, 0.2) is 30.5 Å². The van der Waals surface area contributed by atoms with Crippen LogP contribution in [0.1, 0.15) is 12.0 Å². The second-order valence-corrected chi connectivity index (χ2v) is 4.35. The van der Waals surface area contributed by atoms with Gasteiger partial charge in [-0.1, -0.05) is 6.07 Å². The third-order valence-electron chi connectivity index (χ3n) is 2.61. The Balaban J connectivity index is 1.95. The lowest BCUT2D eigenvalue weighted by Crippen LogP contribution is -2.26. The molecule has 0 saturated carbocycles. The number of aromatic nitrogens is 1. The van der Waals surface area contributed by atoms with E-state index in [0.717, 1.165) is 22.9 Å². The summed E-state index contributed by atoms with van der Waals surface area (Å²) < 4.78 is 0. The van der Waals surface area contributed by atoms with Crippen LogP contribution in [-0.4, -0.2) is 23.3 Å². The largest absolute Gasteiger partial charge is 0.361 e. The van der Waals surface area contributed by atoms with E-state index in [9.17, 15) is 4.79 Å². The van der Waals surface area contributed by atoms with Crippen molar-refractivity contribution in [2.75, 3.05) is 12.4 Å². The number of hydrogen-bond acceptors (Lipinski definition) is 1. The van der Waals surface area contributed by atoms with Crippen LogP contribution >= 0.6 is 11.6 Å². The van der Waals surface area contributed by atoms with Crippen LogP contribution in [-0.2, 0) is 11.2 Å². The lowest BCUT2D eigenvalue weighted by molar-refractivity contribution is -0.120. The fourth-order valence-electron chi connectivity index (χ4n) is 1.76. The number of alkyl halides is 1. The maximum atomic E-state index is 11.6. The third kappa shape index (κ3) is 3.24. The van der Waals surface area contributed by atoms with Gasteiger partial charge in [0.2, 0.25) is 5.91 Å². The first-order valence-corrected chi connectivity index (χ1v) is 6.22. The minimum absolute atomic E-state index is 0.0463. The molecule has 2 N–H and O–H groups in total. The highest BCUT2D eigenvalue weighted by Gasteiger charge is 2.03. The fourth-order valence-corrected chi connectivity index (χ4v) is 1.89. The molecule has 0 aliphatic heterocycles. The number of amides is 1. The number of fused-ring (bicyclic) bond motifs is 1. The van der Waals surface area contributed by atoms with E-state index in [0.29, 0.717) is 18.8 Å². The number of H-pyrrole nitrogens is 1. The number of carbonyl (C=O) groups excluding carboxylic acids is 1. The molecule has 4 heteroatoms. The monoisotopic (exact) mass is 250 g/mol. The third-order valence-corrected chi connectivity index (χ3v) is 2.88. The van der Waals surface area contributed by atoms with Crippen LogP contribution < -0.4 is 5.32 Å². The van der Waals surface area contributed by atoms with Gasteiger partial charge in [0.05, 0.1) is 6.42 Å². The zero-order valence-electron chi connectivity index (χ0n) is 9.50. The number of carbonyl (C=O) groups is 1. The maximum Gasteiger partial charge on any atom is 0.224 e. The molecule has 3 nitrogen and oxygen atoms in total. The van der Waals surface area contributed by atoms with Gasteiger partial charge in [0.25, 0.3) is 0 Å². The molecule has 0 radical (unpaired) electrons. The zero-order chi connectivity index (χ0) is 12.1. The second kappa shape index (κ2) is 5.73. The second-order valence-electron chi connectivity index (χ2n) is 3.97. The molecule has 90 valence electrons. The van der Waals surface area contributed by atoms with Crippen molar-refractivity contribution in [2.24, 2.45) is 0 Å². The van der Waals surface area contributed by atoms with Gasteiger partial charge in [-0.2, -0.15) is 0 Å². The minimum atomic E-state index is 0.0463. The predicted molar refractivity (Wildman–Crippen MR) is 70.3 cm³/mol. The number of halogens is 1. The molecule has 0 unspecified atom stereocenters. The van der Waals surface area contributed by atoms with Crippen LogP contribution in [0.2, 0.25) is 0 Å².